The molecule has 1 aromatic carbocycles. The van der Waals surface area contributed by atoms with Crippen LogP contribution in [0.3, 0.4) is 0 Å². The maximum Gasteiger partial charge on any atom is 0.164 e. The van der Waals surface area contributed by atoms with Crippen LogP contribution < -0.4 is 5.84 Å². The summed E-state index contributed by atoms with van der Waals surface area (Å²) in [5, 5.41) is 13.4. The van der Waals surface area contributed by atoms with Gasteiger partial charge >= 0.3 is 0 Å². The molecule has 0 aliphatic carbocycles. The van der Waals surface area contributed by atoms with Crippen LogP contribution in [0.5, 0.6) is 5.75 Å². The Kier molecular flexibility index (Phi) is 6.49. The van der Waals surface area contributed by atoms with Gasteiger partial charge in [0.1, 0.15) is 0 Å². The van der Waals surface area contributed by atoms with Crippen LogP contribution in [0.4, 0.5) is 4.39 Å². The molecule has 1 saturated heterocycles. The summed E-state index contributed by atoms with van der Waals surface area (Å²) < 4.78 is 13.2. The van der Waals surface area contributed by atoms with E-state index in [1.807, 2.05) is 18.2 Å². The molecule has 1 aliphatic heterocycles. The summed E-state index contributed by atoms with van der Waals surface area (Å²) in [5.74, 6) is 4.97. The first-order valence-electron chi connectivity index (χ1n) is 9.03. The normalized spacial score (nSPS) is 16.9. The summed E-state index contributed by atoms with van der Waals surface area (Å²) in [7, 11) is 0. The molecule has 0 amide bonds. The van der Waals surface area contributed by atoms with Gasteiger partial charge in [0.25, 0.3) is 0 Å². The molecule has 2 heterocycles. The number of likely N-dealkylation sites (tertiary alicyclic amines) is 1. The van der Waals surface area contributed by atoms with Gasteiger partial charge in [0, 0.05) is 19.0 Å². The van der Waals surface area contributed by atoms with E-state index in [1.54, 1.807) is 18.5 Å². The Morgan fingerprint density at radius 3 is 2.78 bits per heavy atom. The summed E-state index contributed by atoms with van der Waals surface area (Å²) >= 11 is 0. The molecule has 1 aliphatic rings. The van der Waals surface area contributed by atoms with Crippen molar-refractivity contribution in [1.29, 1.82) is 0 Å². The van der Waals surface area contributed by atoms with Crippen LogP contribution in [0.15, 0.2) is 52.7 Å². The molecule has 0 spiro atoms. The van der Waals surface area contributed by atoms with Gasteiger partial charge in [-0.05, 0) is 61.7 Å². The van der Waals surface area contributed by atoms with Gasteiger partial charge in [-0.2, -0.15) is 5.10 Å². The van der Waals surface area contributed by atoms with Crippen molar-refractivity contribution in [3.05, 3.63) is 59.7 Å². The number of aliphatic imine (C=N–C) groups is 1. The Morgan fingerprint density at radius 1 is 1.30 bits per heavy atom. The number of hydrogen-bond acceptors (Lipinski definition) is 6. The lowest BCUT2D eigenvalue weighted by atomic mass is 9.89. The zero-order valence-electron chi connectivity index (χ0n) is 15.1. The Bertz CT molecular complexity index is 801. The molecule has 3 N–H and O–H groups in total. The van der Waals surface area contributed by atoms with Gasteiger partial charge in [0.2, 0.25) is 0 Å². The summed E-state index contributed by atoms with van der Waals surface area (Å²) in [6.45, 7) is 2.91. The first-order valence-corrected chi connectivity index (χ1v) is 9.03. The topological polar surface area (TPSA) is 87.1 Å². The Labute approximate surface area is 158 Å². The van der Waals surface area contributed by atoms with E-state index < -0.39 is 5.82 Å². The molecular weight excluding hydrogens is 345 g/mol. The molecule has 27 heavy (non-hydrogen) atoms. The SMILES string of the molecule is NN=C(C=NCc1ccccn1)CN1CCC(c2ccc(F)c(O)c2)CC1. The molecule has 1 fully saturated rings. The second kappa shape index (κ2) is 9.23. The molecular formula is C20H24FN5O. The molecule has 6 nitrogen and oxygen atoms in total. The molecule has 3 rings (SSSR count). The molecule has 0 bridgehead atoms. The highest BCUT2D eigenvalue weighted by Gasteiger charge is 2.22. The predicted molar refractivity (Wildman–Crippen MR) is 105 cm³/mol. The third-order valence-corrected chi connectivity index (χ3v) is 4.80. The first kappa shape index (κ1) is 19.0. The van der Waals surface area contributed by atoms with Gasteiger partial charge in [0.05, 0.1) is 18.0 Å². The van der Waals surface area contributed by atoms with E-state index in [1.165, 1.54) is 12.1 Å². The van der Waals surface area contributed by atoms with Gasteiger partial charge < -0.3 is 10.9 Å². The molecule has 0 unspecified atom stereocenters. The largest absolute Gasteiger partial charge is 0.505 e. The van der Waals surface area contributed by atoms with Crippen LogP contribution in [0, 0.1) is 5.82 Å². The number of benzene rings is 1. The zero-order chi connectivity index (χ0) is 19.1. The number of phenols is 1. The number of phenolic OH excluding ortho intramolecular Hbond substituents is 1. The molecule has 1 aromatic heterocycles. The zero-order valence-corrected chi connectivity index (χ0v) is 15.1. The fourth-order valence-corrected chi connectivity index (χ4v) is 3.29. The number of piperidine rings is 1. The number of halogens is 1. The minimum absolute atomic E-state index is 0.281. The Morgan fingerprint density at radius 2 is 2.11 bits per heavy atom. The fraction of sp³-hybridized carbons (Fsp3) is 0.350. The van der Waals surface area contributed by atoms with Crippen LogP contribution in [0.25, 0.3) is 0 Å². The maximum absolute atomic E-state index is 13.2. The third kappa shape index (κ3) is 5.34. The first-order chi connectivity index (χ1) is 13.2. The van der Waals surface area contributed by atoms with Crippen molar-refractivity contribution in [1.82, 2.24) is 9.88 Å². The second-order valence-electron chi connectivity index (χ2n) is 6.67. The van der Waals surface area contributed by atoms with E-state index in [0.717, 1.165) is 42.9 Å². The summed E-state index contributed by atoms with van der Waals surface area (Å²) in [4.78, 5) is 10.9. The smallest absolute Gasteiger partial charge is 0.164 e. The van der Waals surface area contributed by atoms with Crippen LogP contribution in [-0.4, -0.2) is 46.6 Å². The van der Waals surface area contributed by atoms with E-state index in [0.29, 0.717) is 19.0 Å². The number of nitrogens with two attached hydrogens (primary N) is 1. The van der Waals surface area contributed by atoms with Crippen molar-refractivity contribution in [3.8, 4) is 5.75 Å². The highest BCUT2D eigenvalue weighted by Crippen LogP contribution is 2.30. The lowest BCUT2D eigenvalue weighted by Gasteiger charge is -2.32. The van der Waals surface area contributed by atoms with Crippen LogP contribution in [-0.2, 0) is 6.54 Å². The van der Waals surface area contributed by atoms with Crippen molar-refractivity contribution >= 4 is 11.9 Å². The monoisotopic (exact) mass is 369 g/mol. The molecule has 142 valence electrons. The van der Waals surface area contributed by atoms with Gasteiger partial charge in [-0.1, -0.05) is 12.1 Å². The maximum atomic E-state index is 13.2. The standard InChI is InChI=1S/C20H24FN5O/c21-19-5-4-16(11-20(19)27)15-6-9-26(10-7-15)14-18(25-22)13-23-12-17-3-1-2-8-24-17/h1-5,8,11,13,15,27H,6-7,9-10,12,14,22H2. The number of hydrogen-bond donors (Lipinski definition) is 2. The van der Waals surface area contributed by atoms with Crippen molar-refractivity contribution in [2.24, 2.45) is 15.9 Å². The highest BCUT2D eigenvalue weighted by atomic mass is 19.1. The van der Waals surface area contributed by atoms with Crippen LogP contribution in [0.1, 0.15) is 30.0 Å². The molecule has 0 radical (unpaired) electrons. The minimum atomic E-state index is -0.579. The number of aromatic hydroxyl groups is 1. The average Bonchev–Trinajstić information content (AvgIpc) is 2.70. The van der Waals surface area contributed by atoms with E-state index in [-0.39, 0.29) is 5.75 Å². The fourth-order valence-electron chi connectivity index (χ4n) is 3.29. The predicted octanol–water partition coefficient (Wildman–Crippen LogP) is 2.69. The molecule has 7 heteroatoms. The Hall–Kier alpha value is -2.80. The van der Waals surface area contributed by atoms with Crippen molar-refractivity contribution < 1.29 is 9.50 Å². The third-order valence-electron chi connectivity index (χ3n) is 4.80. The molecule has 2 aromatic rings. The number of pyridine rings is 1. The summed E-state index contributed by atoms with van der Waals surface area (Å²) in [6.07, 6.45) is 5.33. The van der Waals surface area contributed by atoms with Gasteiger partial charge in [-0.25, -0.2) is 4.39 Å². The van der Waals surface area contributed by atoms with E-state index >= 15 is 0 Å². The van der Waals surface area contributed by atoms with Gasteiger partial charge in [-0.3, -0.25) is 14.9 Å². The van der Waals surface area contributed by atoms with Crippen molar-refractivity contribution in [2.75, 3.05) is 19.6 Å². The minimum Gasteiger partial charge on any atom is -0.505 e. The quantitative estimate of drug-likeness (QED) is 0.466. The van der Waals surface area contributed by atoms with Crippen molar-refractivity contribution in [3.63, 3.8) is 0 Å². The van der Waals surface area contributed by atoms with E-state index in [9.17, 15) is 9.50 Å². The number of hydrazone groups is 1. The highest BCUT2D eigenvalue weighted by molar-refractivity contribution is 6.31. The van der Waals surface area contributed by atoms with Crippen LogP contribution >= 0.6 is 0 Å². The van der Waals surface area contributed by atoms with E-state index in [4.69, 9.17) is 5.84 Å². The summed E-state index contributed by atoms with van der Waals surface area (Å²) in [6, 6.07) is 10.3. The van der Waals surface area contributed by atoms with Crippen LogP contribution in [0.2, 0.25) is 0 Å². The number of aromatic nitrogens is 1. The average molecular weight is 369 g/mol. The molecule has 0 atom stereocenters. The van der Waals surface area contributed by atoms with Gasteiger partial charge in [0.15, 0.2) is 11.6 Å². The van der Waals surface area contributed by atoms with E-state index in [2.05, 4.69) is 20.0 Å². The second-order valence-corrected chi connectivity index (χ2v) is 6.67. The van der Waals surface area contributed by atoms with Gasteiger partial charge in [-0.15, -0.1) is 0 Å². The summed E-state index contributed by atoms with van der Waals surface area (Å²) in [5.41, 5.74) is 2.61. The lowest BCUT2D eigenvalue weighted by molar-refractivity contribution is 0.239. The number of nitrogens with zero attached hydrogens (tertiary/aromatic N) is 4. The lowest BCUT2D eigenvalue weighted by Crippen LogP contribution is -2.37. The number of rotatable bonds is 6. The molecule has 0 saturated carbocycles. The van der Waals surface area contributed by atoms with Crippen molar-refractivity contribution in [2.45, 2.75) is 25.3 Å². The Balaban J connectivity index is 1.49.